The van der Waals surface area contributed by atoms with E-state index in [1.54, 1.807) is 4.68 Å². The van der Waals surface area contributed by atoms with E-state index in [1.165, 1.54) is 7.11 Å². The minimum Gasteiger partial charge on any atom is -0.376 e. The van der Waals surface area contributed by atoms with Crippen molar-refractivity contribution in [2.75, 3.05) is 13.7 Å². The van der Waals surface area contributed by atoms with Gasteiger partial charge < -0.3 is 4.74 Å². The van der Waals surface area contributed by atoms with Gasteiger partial charge in [-0.2, -0.15) is 5.10 Å². The summed E-state index contributed by atoms with van der Waals surface area (Å²) in [4.78, 5) is 11.7. The van der Waals surface area contributed by atoms with Crippen molar-refractivity contribution < 1.29 is 9.53 Å². The molecule has 0 saturated heterocycles. The van der Waals surface area contributed by atoms with Crippen LogP contribution in [-0.2, 0) is 11.8 Å². The molecule has 4 nitrogen and oxygen atoms in total. The fraction of sp³-hybridized carbons (Fsp3) is 0.273. The Kier molecular flexibility index (Phi) is 2.51. The highest BCUT2D eigenvalue weighted by atomic mass is 16.5. The summed E-state index contributed by atoms with van der Waals surface area (Å²) in [5.74, 6) is -0.0886. The normalized spacial score (nSPS) is 10.8. The van der Waals surface area contributed by atoms with Crippen LogP contribution in [0.2, 0.25) is 0 Å². The van der Waals surface area contributed by atoms with Gasteiger partial charge in [0, 0.05) is 19.5 Å². The summed E-state index contributed by atoms with van der Waals surface area (Å²) in [6.07, 6.45) is 0. The van der Waals surface area contributed by atoms with Crippen LogP contribution in [0.25, 0.3) is 10.9 Å². The highest BCUT2D eigenvalue weighted by Gasteiger charge is 2.14. The summed E-state index contributed by atoms with van der Waals surface area (Å²) in [6.45, 7) is 0.0704. The molecule has 0 radical (unpaired) electrons. The lowest BCUT2D eigenvalue weighted by Crippen LogP contribution is -2.08. The number of Topliss-reactive ketones (excluding diaryl/α,β-unsaturated/α-hetero) is 1. The van der Waals surface area contributed by atoms with Crippen molar-refractivity contribution in [1.82, 2.24) is 9.78 Å². The Bertz CT molecular complexity index is 502. The monoisotopic (exact) mass is 204 g/mol. The number of para-hydroxylation sites is 1. The molecule has 0 spiro atoms. The predicted octanol–water partition coefficient (Wildman–Crippen LogP) is 1.40. The van der Waals surface area contributed by atoms with Gasteiger partial charge in [0.25, 0.3) is 0 Å². The zero-order chi connectivity index (χ0) is 10.8. The Labute approximate surface area is 87.5 Å². The third kappa shape index (κ3) is 1.64. The first-order valence-electron chi connectivity index (χ1n) is 4.68. The van der Waals surface area contributed by atoms with E-state index in [0.717, 1.165) is 10.9 Å². The number of aromatic nitrogens is 2. The number of methoxy groups -OCH3 is 1. The smallest absolute Gasteiger partial charge is 0.209 e. The van der Waals surface area contributed by atoms with Crippen LogP contribution in [0.1, 0.15) is 10.5 Å². The second-order valence-electron chi connectivity index (χ2n) is 3.35. The van der Waals surface area contributed by atoms with Crippen LogP contribution in [0.3, 0.4) is 0 Å². The SMILES string of the molecule is COCC(=O)c1nn(C)c2ccccc12. The van der Waals surface area contributed by atoms with Crippen molar-refractivity contribution >= 4 is 16.7 Å². The Balaban J connectivity index is 2.57. The van der Waals surface area contributed by atoms with Crippen LogP contribution in [0.5, 0.6) is 0 Å². The lowest BCUT2D eigenvalue weighted by atomic mass is 10.1. The van der Waals surface area contributed by atoms with Crippen molar-refractivity contribution in [1.29, 1.82) is 0 Å². The molecule has 0 fully saturated rings. The number of fused-ring (bicyclic) bond motifs is 1. The fourth-order valence-electron chi connectivity index (χ4n) is 1.62. The van der Waals surface area contributed by atoms with E-state index < -0.39 is 0 Å². The molecular weight excluding hydrogens is 192 g/mol. The number of hydrogen-bond acceptors (Lipinski definition) is 3. The molecule has 0 N–H and O–H groups in total. The van der Waals surface area contributed by atoms with Crippen LogP contribution in [0, 0.1) is 0 Å². The number of nitrogens with zero attached hydrogens (tertiary/aromatic N) is 2. The molecule has 0 amide bonds. The van der Waals surface area contributed by atoms with Crippen LogP contribution in [-0.4, -0.2) is 29.3 Å². The Hall–Kier alpha value is -1.68. The van der Waals surface area contributed by atoms with E-state index >= 15 is 0 Å². The largest absolute Gasteiger partial charge is 0.376 e. The third-order valence-corrected chi connectivity index (χ3v) is 2.30. The summed E-state index contributed by atoms with van der Waals surface area (Å²) < 4.78 is 6.52. The Morgan fingerprint density at radius 2 is 2.20 bits per heavy atom. The number of carbonyl (C=O) groups is 1. The molecular formula is C11H12N2O2. The van der Waals surface area contributed by atoms with Gasteiger partial charge in [-0.25, -0.2) is 0 Å². The van der Waals surface area contributed by atoms with E-state index in [1.807, 2.05) is 31.3 Å². The van der Waals surface area contributed by atoms with Gasteiger partial charge in [0.1, 0.15) is 12.3 Å². The minimum atomic E-state index is -0.0886. The molecule has 0 aliphatic carbocycles. The van der Waals surface area contributed by atoms with E-state index in [2.05, 4.69) is 5.10 Å². The molecule has 0 atom stereocenters. The molecule has 1 aromatic heterocycles. The summed E-state index contributed by atoms with van der Waals surface area (Å²) in [5, 5.41) is 5.07. The fourth-order valence-corrected chi connectivity index (χ4v) is 1.62. The summed E-state index contributed by atoms with van der Waals surface area (Å²) in [5.41, 5.74) is 1.44. The number of ether oxygens (including phenoxy) is 1. The van der Waals surface area contributed by atoms with Gasteiger partial charge in [-0.15, -0.1) is 0 Å². The first-order valence-corrected chi connectivity index (χ1v) is 4.68. The van der Waals surface area contributed by atoms with Gasteiger partial charge >= 0.3 is 0 Å². The van der Waals surface area contributed by atoms with Crippen molar-refractivity contribution in [2.45, 2.75) is 0 Å². The number of aryl methyl sites for hydroxylation is 1. The molecule has 0 bridgehead atoms. The second-order valence-corrected chi connectivity index (χ2v) is 3.35. The van der Waals surface area contributed by atoms with E-state index in [4.69, 9.17) is 4.74 Å². The molecule has 4 heteroatoms. The maximum absolute atomic E-state index is 11.7. The first-order chi connectivity index (χ1) is 7.24. The Morgan fingerprint density at radius 1 is 1.47 bits per heavy atom. The van der Waals surface area contributed by atoms with Crippen molar-refractivity contribution in [2.24, 2.45) is 7.05 Å². The molecule has 1 aromatic carbocycles. The molecule has 0 unspecified atom stereocenters. The van der Waals surface area contributed by atoms with Crippen LogP contribution < -0.4 is 0 Å². The van der Waals surface area contributed by atoms with Crippen LogP contribution >= 0.6 is 0 Å². The standard InChI is InChI=1S/C11H12N2O2/c1-13-9-6-4-3-5-8(9)11(12-13)10(14)7-15-2/h3-6H,7H2,1-2H3. The van der Waals surface area contributed by atoms with Crippen molar-refractivity contribution in [3.8, 4) is 0 Å². The van der Waals surface area contributed by atoms with Gasteiger partial charge in [-0.1, -0.05) is 18.2 Å². The first kappa shape index (κ1) is 9.86. The molecule has 0 aliphatic rings. The number of hydrogen-bond donors (Lipinski definition) is 0. The molecule has 15 heavy (non-hydrogen) atoms. The van der Waals surface area contributed by atoms with Gasteiger partial charge in [0.2, 0.25) is 5.78 Å². The van der Waals surface area contributed by atoms with Crippen molar-refractivity contribution in [3.05, 3.63) is 30.0 Å². The van der Waals surface area contributed by atoms with Crippen LogP contribution in [0.4, 0.5) is 0 Å². The molecule has 2 aromatic rings. The number of carbonyl (C=O) groups excluding carboxylic acids is 1. The zero-order valence-electron chi connectivity index (χ0n) is 8.73. The quantitative estimate of drug-likeness (QED) is 0.710. The van der Waals surface area contributed by atoms with E-state index in [9.17, 15) is 4.79 Å². The summed E-state index contributed by atoms with van der Waals surface area (Å²) >= 11 is 0. The summed E-state index contributed by atoms with van der Waals surface area (Å²) in [6, 6.07) is 7.65. The molecule has 1 heterocycles. The maximum atomic E-state index is 11.7. The molecule has 0 aliphatic heterocycles. The summed E-state index contributed by atoms with van der Waals surface area (Å²) in [7, 11) is 3.33. The number of ketones is 1. The second kappa shape index (κ2) is 3.82. The van der Waals surface area contributed by atoms with Crippen molar-refractivity contribution in [3.63, 3.8) is 0 Å². The van der Waals surface area contributed by atoms with Gasteiger partial charge in [-0.3, -0.25) is 9.48 Å². The maximum Gasteiger partial charge on any atom is 0.209 e. The third-order valence-electron chi connectivity index (χ3n) is 2.30. The lowest BCUT2D eigenvalue weighted by Gasteiger charge is -1.94. The predicted molar refractivity (Wildman–Crippen MR) is 56.9 cm³/mol. The highest BCUT2D eigenvalue weighted by Crippen LogP contribution is 2.17. The Morgan fingerprint density at radius 3 is 2.93 bits per heavy atom. The molecule has 0 saturated carbocycles. The molecule has 2 rings (SSSR count). The van der Waals surface area contributed by atoms with E-state index in [0.29, 0.717) is 5.69 Å². The number of benzene rings is 1. The molecule has 78 valence electrons. The van der Waals surface area contributed by atoms with Gasteiger partial charge in [-0.05, 0) is 6.07 Å². The average molecular weight is 204 g/mol. The topological polar surface area (TPSA) is 44.1 Å². The number of rotatable bonds is 3. The zero-order valence-corrected chi connectivity index (χ0v) is 8.73. The lowest BCUT2D eigenvalue weighted by molar-refractivity contribution is 0.0844. The van der Waals surface area contributed by atoms with Crippen LogP contribution in [0.15, 0.2) is 24.3 Å². The van der Waals surface area contributed by atoms with Gasteiger partial charge in [0.15, 0.2) is 0 Å². The van der Waals surface area contributed by atoms with E-state index in [-0.39, 0.29) is 12.4 Å². The highest BCUT2D eigenvalue weighted by molar-refractivity contribution is 6.06. The average Bonchev–Trinajstić information content (AvgIpc) is 2.58. The minimum absolute atomic E-state index is 0.0704. The van der Waals surface area contributed by atoms with Gasteiger partial charge in [0.05, 0.1) is 5.52 Å².